The zero-order valence-electron chi connectivity index (χ0n) is 7.67. The Bertz CT molecular complexity index is 181. The van der Waals surface area contributed by atoms with Crippen molar-refractivity contribution in [3.05, 3.63) is 0 Å². The molecule has 1 saturated heterocycles. The van der Waals surface area contributed by atoms with Crippen LogP contribution in [-0.4, -0.2) is 25.9 Å². The molecule has 1 heterocycles. The summed E-state index contributed by atoms with van der Waals surface area (Å²) in [6.45, 7) is 3.43. The SMILES string of the molecule is COC(C)(C#N)CC1CCOC1. The van der Waals surface area contributed by atoms with Gasteiger partial charge in [-0.2, -0.15) is 5.26 Å². The summed E-state index contributed by atoms with van der Waals surface area (Å²) in [4.78, 5) is 0. The minimum absolute atomic E-state index is 0.495. The lowest BCUT2D eigenvalue weighted by Gasteiger charge is -2.22. The Kier molecular flexibility index (Phi) is 3.07. The highest BCUT2D eigenvalue weighted by atomic mass is 16.5. The molecule has 68 valence electrons. The Labute approximate surface area is 73.3 Å². The first kappa shape index (κ1) is 9.50. The highest BCUT2D eigenvalue weighted by Gasteiger charge is 2.29. The van der Waals surface area contributed by atoms with Crippen LogP contribution in [0.5, 0.6) is 0 Å². The molecule has 0 aromatic rings. The third-order valence-corrected chi connectivity index (χ3v) is 2.39. The smallest absolute Gasteiger partial charge is 0.151 e. The number of rotatable bonds is 3. The Morgan fingerprint density at radius 3 is 2.92 bits per heavy atom. The standard InChI is InChI=1S/C9H15NO2/c1-9(7-10,11-2)5-8-3-4-12-6-8/h8H,3-6H2,1-2H3. The van der Waals surface area contributed by atoms with Gasteiger partial charge in [0.05, 0.1) is 6.07 Å². The van der Waals surface area contributed by atoms with Gasteiger partial charge in [0.2, 0.25) is 0 Å². The van der Waals surface area contributed by atoms with Crippen LogP contribution in [0, 0.1) is 17.2 Å². The van der Waals surface area contributed by atoms with Gasteiger partial charge in [-0.1, -0.05) is 0 Å². The van der Waals surface area contributed by atoms with Gasteiger partial charge in [-0.3, -0.25) is 0 Å². The van der Waals surface area contributed by atoms with Crippen LogP contribution in [-0.2, 0) is 9.47 Å². The fourth-order valence-corrected chi connectivity index (χ4v) is 1.47. The van der Waals surface area contributed by atoms with Crippen molar-refractivity contribution >= 4 is 0 Å². The summed E-state index contributed by atoms with van der Waals surface area (Å²) in [5, 5.41) is 8.83. The molecule has 1 aliphatic heterocycles. The highest BCUT2D eigenvalue weighted by Crippen LogP contribution is 2.25. The summed E-state index contributed by atoms with van der Waals surface area (Å²) in [6.07, 6.45) is 1.83. The Balaban J connectivity index is 2.42. The molecular formula is C9H15NO2. The largest absolute Gasteiger partial charge is 0.381 e. The average molecular weight is 169 g/mol. The van der Waals surface area contributed by atoms with Crippen molar-refractivity contribution in [2.75, 3.05) is 20.3 Å². The molecule has 1 rings (SSSR count). The lowest BCUT2D eigenvalue weighted by Crippen LogP contribution is -2.28. The fraction of sp³-hybridized carbons (Fsp3) is 0.889. The van der Waals surface area contributed by atoms with E-state index in [4.69, 9.17) is 14.7 Å². The molecule has 0 aromatic heterocycles. The maximum atomic E-state index is 8.83. The first-order valence-electron chi connectivity index (χ1n) is 4.24. The lowest BCUT2D eigenvalue weighted by molar-refractivity contribution is 0.0318. The minimum atomic E-state index is -0.627. The molecule has 1 aliphatic rings. The summed E-state index contributed by atoms with van der Waals surface area (Å²) >= 11 is 0. The number of nitrogens with zero attached hydrogens (tertiary/aromatic N) is 1. The molecule has 1 fully saturated rings. The highest BCUT2D eigenvalue weighted by molar-refractivity contribution is 4.99. The molecule has 0 saturated carbocycles. The molecule has 2 atom stereocenters. The van der Waals surface area contributed by atoms with E-state index in [9.17, 15) is 0 Å². The number of methoxy groups -OCH3 is 1. The number of nitriles is 1. The maximum Gasteiger partial charge on any atom is 0.151 e. The third-order valence-electron chi connectivity index (χ3n) is 2.39. The van der Waals surface area contributed by atoms with Crippen LogP contribution in [0.15, 0.2) is 0 Å². The van der Waals surface area contributed by atoms with Gasteiger partial charge in [0.25, 0.3) is 0 Å². The summed E-state index contributed by atoms with van der Waals surface area (Å²) in [5.41, 5.74) is -0.627. The predicted molar refractivity (Wildman–Crippen MR) is 44.6 cm³/mol. The van der Waals surface area contributed by atoms with E-state index in [2.05, 4.69) is 6.07 Å². The predicted octanol–water partition coefficient (Wildman–Crippen LogP) is 1.34. The van der Waals surface area contributed by atoms with Crippen LogP contribution in [0.1, 0.15) is 19.8 Å². The minimum Gasteiger partial charge on any atom is -0.381 e. The molecule has 0 aromatic carbocycles. The number of hydrogen-bond acceptors (Lipinski definition) is 3. The van der Waals surface area contributed by atoms with Crippen molar-refractivity contribution in [1.29, 1.82) is 5.26 Å². The Hall–Kier alpha value is -0.590. The second kappa shape index (κ2) is 3.88. The van der Waals surface area contributed by atoms with Crippen LogP contribution in [0.25, 0.3) is 0 Å². The quantitative estimate of drug-likeness (QED) is 0.640. The molecule has 0 bridgehead atoms. The number of hydrogen-bond donors (Lipinski definition) is 0. The van der Waals surface area contributed by atoms with E-state index < -0.39 is 5.60 Å². The van der Waals surface area contributed by atoms with Crippen LogP contribution in [0.2, 0.25) is 0 Å². The zero-order valence-corrected chi connectivity index (χ0v) is 7.67. The first-order valence-corrected chi connectivity index (χ1v) is 4.24. The average Bonchev–Trinajstić information content (AvgIpc) is 2.57. The van der Waals surface area contributed by atoms with Gasteiger partial charge >= 0.3 is 0 Å². The third kappa shape index (κ3) is 2.20. The molecule has 12 heavy (non-hydrogen) atoms. The summed E-state index contributed by atoms with van der Waals surface area (Å²) in [7, 11) is 1.58. The fourth-order valence-electron chi connectivity index (χ4n) is 1.47. The van der Waals surface area contributed by atoms with E-state index in [0.29, 0.717) is 5.92 Å². The first-order chi connectivity index (χ1) is 5.70. The van der Waals surface area contributed by atoms with Gasteiger partial charge in [0.1, 0.15) is 0 Å². The van der Waals surface area contributed by atoms with Gasteiger partial charge in [0.15, 0.2) is 5.60 Å². The monoisotopic (exact) mass is 169 g/mol. The van der Waals surface area contributed by atoms with Crippen molar-refractivity contribution in [3.8, 4) is 6.07 Å². The zero-order chi connectivity index (χ0) is 9.03. The lowest BCUT2D eigenvalue weighted by atomic mass is 9.92. The molecule has 2 unspecified atom stereocenters. The van der Waals surface area contributed by atoms with Crippen LogP contribution >= 0.6 is 0 Å². The van der Waals surface area contributed by atoms with E-state index >= 15 is 0 Å². The molecule has 0 radical (unpaired) electrons. The Morgan fingerprint density at radius 2 is 2.50 bits per heavy atom. The van der Waals surface area contributed by atoms with Crippen molar-refractivity contribution < 1.29 is 9.47 Å². The molecule has 3 nitrogen and oxygen atoms in total. The van der Waals surface area contributed by atoms with Crippen LogP contribution in [0.4, 0.5) is 0 Å². The van der Waals surface area contributed by atoms with Crippen molar-refractivity contribution in [3.63, 3.8) is 0 Å². The van der Waals surface area contributed by atoms with Crippen LogP contribution < -0.4 is 0 Å². The van der Waals surface area contributed by atoms with E-state index in [1.54, 1.807) is 7.11 Å². The van der Waals surface area contributed by atoms with Crippen molar-refractivity contribution in [2.45, 2.75) is 25.4 Å². The molecule has 0 N–H and O–H groups in total. The molecule has 3 heteroatoms. The molecule has 0 aliphatic carbocycles. The number of ether oxygens (including phenoxy) is 2. The van der Waals surface area contributed by atoms with E-state index in [0.717, 1.165) is 26.1 Å². The second-order valence-corrected chi connectivity index (χ2v) is 3.48. The van der Waals surface area contributed by atoms with Crippen molar-refractivity contribution in [1.82, 2.24) is 0 Å². The van der Waals surface area contributed by atoms with E-state index in [1.807, 2.05) is 6.92 Å². The normalized spacial score (nSPS) is 27.9. The van der Waals surface area contributed by atoms with Gasteiger partial charge in [0, 0.05) is 20.3 Å². The van der Waals surface area contributed by atoms with Gasteiger partial charge in [-0.15, -0.1) is 0 Å². The maximum absolute atomic E-state index is 8.83. The second-order valence-electron chi connectivity index (χ2n) is 3.48. The van der Waals surface area contributed by atoms with Gasteiger partial charge in [-0.25, -0.2) is 0 Å². The molecule has 0 spiro atoms. The van der Waals surface area contributed by atoms with E-state index in [1.165, 1.54) is 0 Å². The summed E-state index contributed by atoms with van der Waals surface area (Å²) in [5.74, 6) is 0.495. The van der Waals surface area contributed by atoms with Gasteiger partial charge in [-0.05, 0) is 25.7 Å². The molecule has 0 amide bonds. The van der Waals surface area contributed by atoms with Crippen molar-refractivity contribution in [2.24, 2.45) is 5.92 Å². The van der Waals surface area contributed by atoms with Crippen LogP contribution in [0.3, 0.4) is 0 Å². The topological polar surface area (TPSA) is 42.2 Å². The molecular weight excluding hydrogens is 154 g/mol. The Morgan fingerprint density at radius 1 is 1.75 bits per heavy atom. The van der Waals surface area contributed by atoms with Gasteiger partial charge < -0.3 is 9.47 Å². The van der Waals surface area contributed by atoms with E-state index in [-0.39, 0.29) is 0 Å². The summed E-state index contributed by atoms with van der Waals surface area (Å²) < 4.78 is 10.4. The summed E-state index contributed by atoms with van der Waals surface area (Å²) in [6, 6.07) is 2.18.